The summed E-state index contributed by atoms with van der Waals surface area (Å²) in [5.41, 5.74) is 8.66. The second kappa shape index (κ2) is 5.61. The zero-order valence-electron chi connectivity index (χ0n) is 11.3. The van der Waals surface area contributed by atoms with E-state index in [1.807, 2.05) is 7.05 Å². The van der Waals surface area contributed by atoms with E-state index in [0.717, 1.165) is 12.2 Å². The van der Waals surface area contributed by atoms with Gasteiger partial charge in [0.25, 0.3) is 5.56 Å². The topological polar surface area (TPSA) is 51.3 Å². The number of benzene rings is 1. The molecule has 4 nitrogen and oxygen atoms in total. The van der Waals surface area contributed by atoms with Gasteiger partial charge in [-0.05, 0) is 25.1 Å². The Balaban J connectivity index is 2.04. The van der Waals surface area contributed by atoms with Crippen LogP contribution in [0.25, 0.3) is 0 Å². The van der Waals surface area contributed by atoms with Gasteiger partial charge in [-0.1, -0.05) is 17.7 Å². The third kappa shape index (κ3) is 3.37. The number of aromatic nitrogens is 1. The van der Waals surface area contributed by atoms with Gasteiger partial charge in [0.2, 0.25) is 0 Å². The molecule has 0 saturated carbocycles. The first kappa shape index (κ1) is 13.2. The van der Waals surface area contributed by atoms with Crippen molar-refractivity contribution in [3.8, 4) is 0 Å². The van der Waals surface area contributed by atoms with E-state index in [4.69, 9.17) is 5.73 Å². The van der Waals surface area contributed by atoms with Crippen molar-refractivity contribution in [1.82, 2.24) is 4.57 Å². The lowest BCUT2D eigenvalue weighted by Gasteiger charge is -2.20. The van der Waals surface area contributed by atoms with E-state index >= 15 is 0 Å². The summed E-state index contributed by atoms with van der Waals surface area (Å²) in [4.78, 5) is 13.8. The Morgan fingerprint density at radius 3 is 2.53 bits per heavy atom. The van der Waals surface area contributed by atoms with Crippen LogP contribution >= 0.6 is 0 Å². The first-order chi connectivity index (χ1) is 9.06. The van der Waals surface area contributed by atoms with Gasteiger partial charge in [-0.25, -0.2) is 0 Å². The molecule has 0 bridgehead atoms. The van der Waals surface area contributed by atoms with Crippen molar-refractivity contribution in [1.29, 1.82) is 0 Å². The summed E-state index contributed by atoms with van der Waals surface area (Å²) in [6.07, 6.45) is 1.69. The highest BCUT2D eigenvalue weighted by atomic mass is 16.1. The number of anilines is 2. The van der Waals surface area contributed by atoms with Crippen molar-refractivity contribution in [2.75, 3.05) is 24.2 Å². The molecule has 2 N–H and O–H groups in total. The van der Waals surface area contributed by atoms with Crippen molar-refractivity contribution in [3.05, 3.63) is 58.5 Å². The second-order valence-corrected chi connectivity index (χ2v) is 4.75. The maximum Gasteiger partial charge on any atom is 0.250 e. The normalized spacial score (nSPS) is 10.4. The van der Waals surface area contributed by atoms with E-state index in [1.54, 1.807) is 16.8 Å². The summed E-state index contributed by atoms with van der Waals surface area (Å²) in [7, 11) is 2.02. The Morgan fingerprint density at radius 1 is 1.16 bits per heavy atom. The van der Waals surface area contributed by atoms with E-state index < -0.39 is 0 Å². The molecule has 0 aliphatic rings. The lowest BCUT2D eigenvalue weighted by Crippen LogP contribution is -2.28. The molecule has 0 spiro atoms. The second-order valence-electron chi connectivity index (χ2n) is 4.75. The minimum absolute atomic E-state index is 0.0218. The van der Waals surface area contributed by atoms with Gasteiger partial charge in [0.05, 0.1) is 0 Å². The lowest BCUT2D eigenvalue weighted by molar-refractivity contribution is 0.662. The number of nitrogens with zero attached hydrogens (tertiary/aromatic N) is 2. The molecule has 0 atom stereocenters. The average Bonchev–Trinajstić information content (AvgIpc) is 2.40. The van der Waals surface area contributed by atoms with Crippen LogP contribution in [-0.2, 0) is 6.54 Å². The molecule has 1 aromatic heterocycles. The molecule has 0 amide bonds. The van der Waals surface area contributed by atoms with Crippen LogP contribution in [0.2, 0.25) is 0 Å². The average molecular weight is 257 g/mol. The molecule has 0 aliphatic carbocycles. The Bertz CT molecular complexity index is 602. The molecule has 4 heteroatoms. The molecule has 2 rings (SSSR count). The zero-order chi connectivity index (χ0) is 13.8. The van der Waals surface area contributed by atoms with Crippen LogP contribution in [-0.4, -0.2) is 18.2 Å². The Morgan fingerprint density at radius 2 is 1.84 bits per heavy atom. The van der Waals surface area contributed by atoms with Crippen LogP contribution in [0.3, 0.4) is 0 Å². The van der Waals surface area contributed by atoms with Gasteiger partial charge in [-0.2, -0.15) is 0 Å². The van der Waals surface area contributed by atoms with Crippen LogP contribution in [0, 0.1) is 6.92 Å². The van der Waals surface area contributed by atoms with Crippen molar-refractivity contribution in [3.63, 3.8) is 0 Å². The minimum atomic E-state index is -0.0218. The predicted octanol–water partition coefficient (Wildman–Crippen LogP) is 1.88. The third-order valence-electron chi connectivity index (χ3n) is 3.16. The molecular formula is C15H19N3O. The molecule has 100 valence electrons. The fourth-order valence-corrected chi connectivity index (χ4v) is 1.91. The minimum Gasteiger partial charge on any atom is -0.398 e. The van der Waals surface area contributed by atoms with Crippen LogP contribution in [0.5, 0.6) is 0 Å². The number of likely N-dealkylation sites (N-methyl/N-ethyl adjacent to an activating group) is 1. The van der Waals surface area contributed by atoms with Crippen molar-refractivity contribution in [2.24, 2.45) is 0 Å². The fourth-order valence-electron chi connectivity index (χ4n) is 1.91. The standard InChI is InChI=1S/C15H19N3O/c1-12-3-6-14(7-4-12)17(2)9-10-18-11-13(16)5-8-15(18)19/h3-8,11H,9-10,16H2,1-2H3. The predicted molar refractivity (Wildman–Crippen MR) is 79.6 cm³/mol. The van der Waals surface area contributed by atoms with E-state index in [0.29, 0.717) is 12.2 Å². The Hall–Kier alpha value is -2.23. The van der Waals surface area contributed by atoms with Crippen molar-refractivity contribution < 1.29 is 0 Å². The molecule has 0 saturated heterocycles. The van der Waals surface area contributed by atoms with Gasteiger partial charge in [0.15, 0.2) is 0 Å². The van der Waals surface area contributed by atoms with Gasteiger partial charge in [-0.3, -0.25) is 4.79 Å². The summed E-state index contributed by atoms with van der Waals surface area (Å²) in [5, 5.41) is 0. The fraction of sp³-hybridized carbons (Fsp3) is 0.267. The third-order valence-corrected chi connectivity index (χ3v) is 3.16. The van der Waals surface area contributed by atoms with Gasteiger partial charge in [0, 0.05) is 43.8 Å². The monoisotopic (exact) mass is 257 g/mol. The smallest absolute Gasteiger partial charge is 0.250 e. The highest BCUT2D eigenvalue weighted by Crippen LogP contribution is 2.13. The van der Waals surface area contributed by atoms with E-state index in [2.05, 4.69) is 36.1 Å². The summed E-state index contributed by atoms with van der Waals surface area (Å²) < 4.78 is 1.64. The summed E-state index contributed by atoms with van der Waals surface area (Å²) in [6.45, 7) is 3.44. The Labute approximate surface area is 113 Å². The van der Waals surface area contributed by atoms with Crippen LogP contribution < -0.4 is 16.2 Å². The van der Waals surface area contributed by atoms with Crippen LogP contribution in [0.4, 0.5) is 11.4 Å². The summed E-state index contributed by atoms with van der Waals surface area (Å²) in [6, 6.07) is 11.5. The molecule has 0 aliphatic heterocycles. The van der Waals surface area contributed by atoms with Crippen LogP contribution in [0.1, 0.15) is 5.56 Å². The number of rotatable bonds is 4. The largest absolute Gasteiger partial charge is 0.398 e. The lowest BCUT2D eigenvalue weighted by atomic mass is 10.2. The van der Waals surface area contributed by atoms with E-state index in [9.17, 15) is 4.79 Å². The molecule has 2 aromatic rings. The molecular weight excluding hydrogens is 238 g/mol. The highest BCUT2D eigenvalue weighted by molar-refractivity contribution is 5.46. The van der Waals surface area contributed by atoms with Gasteiger partial charge in [0.1, 0.15) is 0 Å². The molecule has 1 aromatic carbocycles. The number of hydrogen-bond donors (Lipinski definition) is 1. The number of nitrogen functional groups attached to an aromatic ring is 1. The van der Waals surface area contributed by atoms with E-state index in [1.165, 1.54) is 11.6 Å². The maximum absolute atomic E-state index is 11.7. The number of hydrogen-bond acceptors (Lipinski definition) is 3. The van der Waals surface area contributed by atoms with Gasteiger partial charge in [-0.15, -0.1) is 0 Å². The highest BCUT2D eigenvalue weighted by Gasteiger charge is 2.02. The molecule has 0 unspecified atom stereocenters. The molecule has 1 heterocycles. The van der Waals surface area contributed by atoms with E-state index in [-0.39, 0.29) is 5.56 Å². The first-order valence-corrected chi connectivity index (χ1v) is 6.30. The summed E-state index contributed by atoms with van der Waals surface area (Å²) >= 11 is 0. The van der Waals surface area contributed by atoms with Gasteiger partial charge < -0.3 is 15.2 Å². The SMILES string of the molecule is Cc1ccc(N(C)CCn2cc(N)ccc2=O)cc1. The number of pyridine rings is 1. The molecule has 0 radical (unpaired) electrons. The quantitative estimate of drug-likeness (QED) is 0.909. The number of nitrogens with two attached hydrogens (primary N) is 1. The zero-order valence-corrected chi connectivity index (χ0v) is 11.3. The summed E-state index contributed by atoms with van der Waals surface area (Å²) in [5.74, 6) is 0. The first-order valence-electron chi connectivity index (χ1n) is 6.30. The maximum atomic E-state index is 11.7. The van der Waals surface area contributed by atoms with Crippen molar-refractivity contribution >= 4 is 11.4 Å². The van der Waals surface area contributed by atoms with Gasteiger partial charge >= 0.3 is 0 Å². The molecule has 0 fully saturated rings. The van der Waals surface area contributed by atoms with Crippen molar-refractivity contribution in [2.45, 2.75) is 13.5 Å². The number of aryl methyl sites for hydroxylation is 1. The van der Waals surface area contributed by atoms with Crippen LogP contribution in [0.15, 0.2) is 47.4 Å². The Kier molecular flexibility index (Phi) is 3.90. The molecule has 19 heavy (non-hydrogen) atoms.